The fourth-order valence-electron chi connectivity index (χ4n) is 1.50. The Morgan fingerprint density at radius 2 is 2.00 bits per heavy atom. The van der Waals surface area contributed by atoms with Crippen molar-refractivity contribution in [1.82, 2.24) is 5.32 Å². The van der Waals surface area contributed by atoms with E-state index in [9.17, 15) is 13.6 Å². The first-order valence-electron chi connectivity index (χ1n) is 5.70. The van der Waals surface area contributed by atoms with Gasteiger partial charge in [-0.15, -0.1) is 0 Å². The van der Waals surface area contributed by atoms with Crippen LogP contribution in [-0.4, -0.2) is 18.6 Å². The molecule has 3 N–H and O–H groups in total. The van der Waals surface area contributed by atoms with Crippen LogP contribution in [0.3, 0.4) is 0 Å². The average molecular weight is 256 g/mol. The number of hydrogen-bond acceptors (Lipinski definition) is 3. The van der Waals surface area contributed by atoms with Crippen LogP contribution in [0.4, 0.5) is 8.78 Å². The maximum Gasteiger partial charge on any atom is 0.258 e. The number of carbonyl (C=O) groups is 1. The molecule has 0 saturated heterocycles. The molecule has 0 heterocycles. The lowest BCUT2D eigenvalue weighted by Gasteiger charge is -2.09. The first kappa shape index (κ1) is 12.8. The van der Waals surface area contributed by atoms with E-state index >= 15 is 0 Å². The number of rotatable bonds is 5. The summed E-state index contributed by atoms with van der Waals surface area (Å²) in [7, 11) is 0. The molecule has 1 aliphatic carbocycles. The lowest BCUT2D eigenvalue weighted by Crippen LogP contribution is -2.30. The van der Waals surface area contributed by atoms with Gasteiger partial charge < -0.3 is 15.8 Å². The topological polar surface area (TPSA) is 64.3 Å². The van der Waals surface area contributed by atoms with Gasteiger partial charge in [0, 0.05) is 12.6 Å². The molecule has 0 radical (unpaired) electrons. The summed E-state index contributed by atoms with van der Waals surface area (Å²) >= 11 is 0. The van der Waals surface area contributed by atoms with Gasteiger partial charge in [0.1, 0.15) is 0 Å². The summed E-state index contributed by atoms with van der Waals surface area (Å²) < 4.78 is 31.8. The molecule has 0 atom stereocenters. The molecular weight excluding hydrogens is 242 g/mol. The third-order valence-corrected chi connectivity index (χ3v) is 2.58. The summed E-state index contributed by atoms with van der Waals surface area (Å²) in [5.41, 5.74) is 5.62. The molecular formula is C12H14F2N2O2. The molecule has 1 aromatic carbocycles. The van der Waals surface area contributed by atoms with E-state index in [2.05, 4.69) is 5.32 Å². The second kappa shape index (κ2) is 5.30. The van der Waals surface area contributed by atoms with Crippen molar-refractivity contribution in [3.8, 4) is 5.75 Å². The molecule has 1 amide bonds. The normalized spacial score (nSPS) is 14.4. The van der Waals surface area contributed by atoms with Gasteiger partial charge in [0.2, 0.25) is 0 Å². The largest absolute Gasteiger partial charge is 0.478 e. The molecule has 0 spiro atoms. The molecule has 2 rings (SSSR count). The van der Waals surface area contributed by atoms with E-state index in [1.54, 1.807) is 0 Å². The molecule has 0 aromatic heterocycles. The van der Waals surface area contributed by atoms with Gasteiger partial charge in [0.05, 0.1) is 0 Å². The minimum atomic E-state index is -0.852. The zero-order valence-electron chi connectivity index (χ0n) is 9.71. The number of nitrogens with one attached hydrogen (secondary N) is 1. The van der Waals surface area contributed by atoms with E-state index in [0.717, 1.165) is 25.0 Å². The van der Waals surface area contributed by atoms with Gasteiger partial charge in [-0.3, -0.25) is 4.79 Å². The van der Waals surface area contributed by atoms with Crippen molar-refractivity contribution in [3.63, 3.8) is 0 Å². The Balaban J connectivity index is 1.97. The fraction of sp³-hybridized carbons (Fsp3) is 0.417. The Morgan fingerprint density at radius 1 is 1.39 bits per heavy atom. The SMILES string of the molecule is NCc1cc(F)c(OCC(=O)NC2CC2)c(F)c1. The monoisotopic (exact) mass is 256 g/mol. The molecule has 98 valence electrons. The van der Waals surface area contributed by atoms with Crippen LogP contribution in [-0.2, 0) is 11.3 Å². The number of ether oxygens (including phenoxy) is 1. The molecule has 0 unspecified atom stereocenters. The maximum absolute atomic E-state index is 13.5. The molecule has 1 fully saturated rings. The quantitative estimate of drug-likeness (QED) is 0.828. The average Bonchev–Trinajstić information content (AvgIpc) is 3.11. The van der Waals surface area contributed by atoms with Gasteiger partial charge in [-0.05, 0) is 30.5 Å². The summed E-state index contributed by atoms with van der Waals surface area (Å²) in [6.07, 6.45) is 1.89. The Hall–Kier alpha value is -1.69. The Bertz CT molecular complexity index is 438. The number of amides is 1. The van der Waals surface area contributed by atoms with Crippen molar-refractivity contribution in [1.29, 1.82) is 0 Å². The summed E-state index contributed by atoms with van der Waals surface area (Å²) in [5, 5.41) is 2.66. The number of benzene rings is 1. The first-order valence-corrected chi connectivity index (χ1v) is 5.70. The highest BCUT2D eigenvalue weighted by molar-refractivity contribution is 5.78. The minimum absolute atomic E-state index is 0.0380. The van der Waals surface area contributed by atoms with Gasteiger partial charge in [-0.1, -0.05) is 0 Å². The maximum atomic E-state index is 13.5. The number of hydrogen-bond donors (Lipinski definition) is 2. The van der Waals surface area contributed by atoms with E-state index < -0.39 is 24.0 Å². The molecule has 0 aliphatic heterocycles. The van der Waals surface area contributed by atoms with Crippen LogP contribution in [0.5, 0.6) is 5.75 Å². The first-order chi connectivity index (χ1) is 8.60. The van der Waals surface area contributed by atoms with Crippen LogP contribution in [0, 0.1) is 11.6 Å². The fourth-order valence-corrected chi connectivity index (χ4v) is 1.50. The van der Waals surface area contributed by atoms with Crippen LogP contribution in [0.15, 0.2) is 12.1 Å². The number of halogens is 2. The lowest BCUT2D eigenvalue weighted by molar-refractivity contribution is -0.123. The third-order valence-electron chi connectivity index (χ3n) is 2.58. The number of carbonyl (C=O) groups excluding carboxylic acids is 1. The number of nitrogens with two attached hydrogens (primary N) is 1. The molecule has 6 heteroatoms. The highest BCUT2D eigenvalue weighted by atomic mass is 19.1. The second-order valence-electron chi connectivity index (χ2n) is 4.22. The van der Waals surface area contributed by atoms with Crippen molar-refractivity contribution in [2.24, 2.45) is 5.73 Å². The highest BCUT2D eigenvalue weighted by Gasteiger charge is 2.23. The summed E-state index contributed by atoms with van der Waals surface area (Å²) in [6, 6.07) is 2.38. The van der Waals surface area contributed by atoms with Crippen LogP contribution < -0.4 is 15.8 Å². The van der Waals surface area contributed by atoms with Crippen LogP contribution in [0.25, 0.3) is 0 Å². The van der Waals surface area contributed by atoms with Crippen molar-refractivity contribution in [2.75, 3.05) is 6.61 Å². The summed E-state index contributed by atoms with van der Waals surface area (Å²) in [4.78, 5) is 11.3. The van der Waals surface area contributed by atoms with Crippen molar-refractivity contribution in [3.05, 3.63) is 29.3 Å². The Morgan fingerprint density at radius 3 is 2.50 bits per heavy atom. The van der Waals surface area contributed by atoms with Crippen LogP contribution in [0.2, 0.25) is 0 Å². The van der Waals surface area contributed by atoms with Gasteiger partial charge in [-0.2, -0.15) is 0 Å². The summed E-state index contributed by atoms with van der Waals surface area (Å²) in [5.74, 6) is -2.62. The lowest BCUT2D eigenvalue weighted by atomic mass is 10.2. The Labute approximate surface area is 103 Å². The van der Waals surface area contributed by atoms with Crippen LogP contribution in [0.1, 0.15) is 18.4 Å². The zero-order valence-corrected chi connectivity index (χ0v) is 9.71. The smallest absolute Gasteiger partial charge is 0.258 e. The molecule has 1 aromatic rings. The zero-order chi connectivity index (χ0) is 13.1. The van der Waals surface area contributed by atoms with Gasteiger partial charge in [0.25, 0.3) is 5.91 Å². The van der Waals surface area contributed by atoms with Gasteiger partial charge in [0.15, 0.2) is 24.0 Å². The molecule has 18 heavy (non-hydrogen) atoms. The molecule has 1 saturated carbocycles. The standard InChI is InChI=1S/C12H14F2N2O2/c13-9-3-7(5-15)4-10(14)12(9)18-6-11(17)16-8-1-2-8/h3-4,8H,1-2,5-6,15H2,(H,16,17). The molecule has 0 bridgehead atoms. The van der Waals surface area contributed by atoms with Crippen molar-refractivity contribution in [2.45, 2.75) is 25.4 Å². The molecule has 4 nitrogen and oxygen atoms in total. The highest BCUT2D eigenvalue weighted by Crippen LogP contribution is 2.23. The van der Waals surface area contributed by atoms with E-state index in [0.29, 0.717) is 5.56 Å². The van der Waals surface area contributed by atoms with Crippen molar-refractivity contribution >= 4 is 5.91 Å². The summed E-state index contributed by atoms with van der Waals surface area (Å²) in [6.45, 7) is -0.359. The predicted octanol–water partition coefficient (Wildman–Crippen LogP) is 1.08. The van der Waals surface area contributed by atoms with E-state index in [1.807, 2.05) is 0 Å². The van der Waals surface area contributed by atoms with Crippen molar-refractivity contribution < 1.29 is 18.3 Å². The van der Waals surface area contributed by atoms with Crippen LogP contribution >= 0.6 is 0 Å². The van der Waals surface area contributed by atoms with E-state index in [4.69, 9.17) is 10.5 Å². The van der Waals surface area contributed by atoms with E-state index in [1.165, 1.54) is 0 Å². The van der Waals surface area contributed by atoms with E-state index in [-0.39, 0.29) is 18.5 Å². The minimum Gasteiger partial charge on any atom is -0.478 e. The predicted molar refractivity (Wildman–Crippen MR) is 60.9 cm³/mol. The Kier molecular flexibility index (Phi) is 3.76. The third kappa shape index (κ3) is 3.16. The van der Waals surface area contributed by atoms with Gasteiger partial charge >= 0.3 is 0 Å². The van der Waals surface area contributed by atoms with Gasteiger partial charge in [-0.25, -0.2) is 8.78 Å². The molecule has 1 aliphatic rings. The second-order valence-corrected chi connectivity index (χ2v) is 4.22.